The molecule has 2 heterocycles. The number of rotatable bonds is 6. The van der Waals surface area contributed by atoms with Crippen LogP contribution >= 0.6 is 0 Å². The number of aliphatic carboxylic acids is 1. The monoisotopic (exact) mass is 501 g/mol. The third-order valence-electron chi connectivity index (χ3n) is 7.19. The summed E-state index contributed by atoms with van der Waals surface area (Å²) in [6.07, 6.45) is 1.97. The number of nitrogens with zero attached hydrogens (tertiary/aromatic N) is 2. The number of nitrogens with one attached hydrogen (secondary N) is 1. The Kier molecular flexibility index (Phi) is 7.38. The molecular formula is C26H35N3O7. The molecule has 3 aliphatic rings. The number of likely N-dealkylation sites (tertiary alicyclic amines) is 2. The number of ether oxygens (including phenoxy) is 1. The standard InChI is InChI=1S/C26H35N3O7/c1-25(2,3)36-24(34)28-15-18(27-35-16-17-9-5-4-6-10-17)13-14-26(28,23(32)33)29-21(30)19-11-7-8-12-20(19)22(29)31/h4-6,9-10,18-20,27H,7-8,11-16H2,1-3H3,(H,32,33)/t18-,19-,20+,26-/m1/s1. The summed E-state index contributed by atoms with van der Waals surface area (Å²) in [5.41, 5.74) is 0.820. The maximum absolute atomic E-state index is 13.4. The molecule has 3 amide bonds. The van der Waals surface area contributed by atoms with Gasteiger partial charge in [-0.3, -0.25) is 19.3 Å². The third kappa shape index (κ3) is 4.97. The second-order valence-electron chi connectivity index (χ2n) is 10.8. The number of hydrogen-bond acceptors (Lipinski definition) is 7. The Morgan fingerprint density at radius 1 is 1.06 bits per heavy atom. The van der Waals surface area contributed by atoms with Gasteiger partial charge in [-0.15, -0.1) is 0 Å². The van der Waals surface area contributed by atoms with Crippen LogP contribution in [0.3, 0.4) is 0 Å². The van der Waals surface area contributed by atoms with E-state index < -0.39 is 53.0 Å². The van der Waals surface area contributed by atoms with Crippen molar-refractivity contribution in [2.24, 2.45) is 11.8 Å². The molecule has 2 saturated heterocycles. The summed E-state index contributed by atoms with van der Waals surface area (Å²) < 4.78 is 5.56. The molecule has 1 aromatic rings. The van der Waals surface area contributed by atoms with Crippen LogP contribution in [0.1, 0.15) is 64.9 Å². The van der Waals surface area contributed by atoms with Crippen molar-refractivity contribution >= 4 is 23.9 Å². The SMILES string of the molecule is CC(C)(C)OC(=O)N1C[C@H](NOCc2ccccc2)CC[C@]1(C(=O)O)N1C(=O)[C@H]2CCCC[C@H]2C1=O. The van der Waals surface area contributed by atoms with Gasteiger partial charge >= 0.3 is 12.1 Å². The van der Waals surface area contributed by atoms with Gasteiger partial charge in [0.05, 0.1) is 24.5 Å². The van der Waals surface area contributed by atoms with Crippen molar-refractivity contribution in [2.75, 3.05) is 6.54 Å². The maximum Gasteiger partial charge on any atom is 0.412 e. The van der Waals surface area contributed by atoms with E-state index in [2.05, 4.69) is 5.48 Å². The van der Waals surface area contributed by atoms with Gasteiger partial charge in [0.25, 0.3) is 0 Å². The van der Waals surface area contributed by atoms with Gasteiger partial charge in [0, 0.05) is 13.0 Å². The van der Waals surface area contributed by atoms with Crippen molar-refractivity contribution in [1.29, 1.82) is 0 Å². The fourth-order valence-corrected chi connectivity index (χ4v) is 5.51. The summed E-state index contributed by atoms with van der Waals surface area (Å²) in [4.78, 5) is 60.7. The number of hydrogen-bond donors (Lipinski definition) is 2. The van der Waals surface area contributed by atoms with Gasteiger partial charge in [-0.05, 0) is 45.6 Å². The van der Waals surface area contributed by atoms with E-state index in [1.54, 1.807) is 20.8 Å². The first-order valence-corrected chi connectivity index (χ1v) is 12.6. The van der Waals surface area contributed by atoms with Gasteiger partial charge in [0.2, 0.25) is 17.5 Å². The van der Waals surface area contributed by atoms with Crippen molar-refractivity contribution in [2.45, 2.75) is 83.2 Å². The molecule has 36 heavy (non-hydrogen) atoms. The summed E-state index contributed by atoms with van der Waals surface area (Å²) in [7, 11) is 0. The number of carbonyl (C=O) groups excluding carboxylic acids is 3. The molecule has 0 unspecified atom stereocenters. The summed E-state index contributed by atoms with van der Waals surface area (Å²) >= 11 is 0. The minimum atomic E-state index is -2.15. The van der Waals surface area contributed by atoms with E-state index in [-0.39, 0.29) is 26.0 Å². The largest absolute Gasteiger partial charge is 0.478 e. The Labute approximate surface area is 210 Å². The molecule has 3 fully saturated rings. The molecule has 10 heteroatoms. The van der Waals surface area contributed by atoms with E-state index in [0.29, 0.717) is 12.8 Å². The Morgan fingerprint density at radius 3 is 2.22 bits per heavy atom. The van der Waals surface area contributed by atoms with Crippen LogP contribution in [0, 0.1) is 11.8 Å². The molecule has 196 valence electrons. The predicted molar refractivity (Wildman–Crippen MR) is 128 cm³/mol. The maximum atomic E-state index is 13.4. The first-order chi connectivity index (χ1) is 17.0. The lowest BCUT2D eigenvalue weighted by Gasteiger charge is -2.49. The molecule has 2 aliphatic heterocycles. The zero-order valence-electron chi connectivity index (χ0n) is 21.1. The zero-order chi connectivity index (χ0) is 26.1. The zero-order valence-corrected chi connectivity index (χ0v) is 21.1. The smallest absolute Gasteiger partial charge is 0.412 e. The quantitative estimate of drug-likeness (QED) is 0.450. The van der Waals surface area contributed by atoms with Crippen LogP contribution < -0.4 is 5.48 Å². The number of piperidine rings is 1. The topological polar surface area (TPSA) is 125 Å². The van der Waals surface area contributed by atoms with Gasteiger partial charge in [-0.25, -0.2) is 14.5 Å². The Morgan fingerprint density at radius 2 is 1.67 bits per heavy atom. The third-order valence-corrected chi connectivity index (χ3v) is 7.19. The number of hydroxylamine groups is 1. The average Bonchev–Trinajstić information content (AvgIpc) is 3.09. The van der Waals surface area contributed by atoms with Gasteiger partial charge in [-0.1, -0.05) is 43.2 Å². The normalized spacial score (nSPS) is 28.7. The molecule has 2 N–H and O–H groups in total. The Balaban J connectivity index is 1.61. The Hall–Kier alpha value is -2.98. The lowest BCUT2D eigenvalue weighted by molar-refractivity contribution is -0.183. The molecule has 0 spiro atoms. The van der Waals surface area contributed by atoms with Crippen LogP contribution in [-0.4, -0.2) is 62.6 Å². The summed E-state index contributed by atoms with van der Waals surface area (Å²) in [5.74, 6) is -3.50. The first-order valence-electron chi connectivity index (χ1n) is 12.6. The van der Waals surface area contributed by atoms with Crippen molar-refractivity contribution in [3.63, 3.8) is 0 Å². The highest BCUT2D eigenvalue weighted by Crippen LogP contribution is 2.44. The summed E-state index contributed by atoms with van der Waals surface area (Å²) in [5, 5.41) is 10.5. The molecule has 4 atom stereocenters. The van der Waals surface area contributed by atoms with Gasteiger partial charge in [0.15, 0.2) is 0 Å². The summed E-state index contributed by atoms with van der Waals surface area (Å²) in [6, 6.07) is 9.09. The predicted octanol–water partition coefficient (Wildman–Crippen LogP) is 3.06. The van der Waals surface area contributed by atoms with E-state index in [9.17, 15) is 24.3 Å². The number of amides is 3. The number of carboxylic acids is 1. The van der Waals surface area contributed by atoms with Crippen LogP contribution in [-0.2, 0) is 30.6 Å². The molecule has 1 aromatic carbocycles. The van der Waals surface area contributed by atoms with Crippen molar-refractivity contribution in [3.8, 4) is 0 Å². The fraction of sp³-hybridized carbons (Fsp3) is 0.615. The molecule has 0 bridgehead atoms. The van der Waals surface area contributed by atoms with Crippen LogP contribution in [0.5, 0.6) is 0 Å². The second kappa shape index (κ2) is 10.2. The minimum Gasteiger partial charge on any atom is -0.478 e. The molecule has 0 aromatic heterocycles. The molecule has 10 nitrogen and oxygen atoms in total. The molecule has 4 rings (SSSR count). The molecule has 0 radical (unpaired) electrons. The van der Waals surface area contributed by atoms with Gasteiger partial charge < -0.3 is 9.84 Å². The van der Waals surface area contributed by atoms with E-state index >= 15 is 0 Å². The second-order valence-corrected chi connectivity index (χ2v) is 10.8. The highest BCUT2D eigenvalue weighted by Gasteiger charge is 2.64. The lowest BCUT2D eigenvalue weighted by Crippen LogP contribution is -2.73. The number of carbonyl (C=O) groups is 4. The molecular weight excluding hydrogens is 466 g/mol. The van der Waals surface area contributed by atoms with Crippen LogP contribution in [0.2, 0.25) is 0 Å². The van der Waals surface area contributed by atoms with Crippen molar-refractivity contribution < 1.29 is 33.9 Å². The highest BCUT2D eigenvalue weighted by molar-refractivity contribution is 6.09. The van der Waals surface area contributed by atoms with E-state index in [4.69, 9.17) is 9.57 Å². The van der Waals surface area contributed by atoms with E-state index in [0.717, 1.165) is 28.2 Å². The highest BCUT2D eigenvalue weighted by atomic mass is 16.6. The van der Waals surface area contributed by atoms with Crippen molar-refractivity contribution in [1.82, 2.24) is 15.3 Å². The summed E-state index contributed by atoms with van der Waals surface area (Å²) in [6.45, 7) is 5.20. The first kappa shape index (κ1) is 26.1. The van der Waals surface area contributed by atoms with Crippen LogP contribution in [0.25, 0.3) is 0 Å². The van der Waals surface area contributed by atoms with E-state index in [1.807, 2.05) is 30.3 Å². The lowest BCUT2D eigenvalue weighted by atomic mass is 9.81. The average molecular weight is 502 g/mol. The van der Waals surface area contributed by atoms with Gasteiger partial charge in [-0.2, -0.15) is 5.48 Å². The van der Waals surface area contributed by atoms with Crippen molar-refractivity contribution in [3.05, 3.63) is 35.9 Å². The fourth-order valence-electron chi connectivity index (χ4n) is 5.51. The number of carboxylic acid groups (broad SMARTS) is 1. The molecule has 1 aliphatic carbocycles. The minimum absolute atomic E-state index is 0.109. The van der Waals surface area contributed by atoms with E-state index in [1.165, 1.54) is 0 Å². The van der Waals surface area contributed by atoms with Gasteiger partial charge in [0.1, 0.15) is 5.60 Å². The van der Waals surface area contributed by atoms with Crippen LogP contribution in [0.4, 0.5) is 4.79 Å². The molecule has 1 saturated carbocycles. The Bertz CT molecular complexity index is 985. The van der Waals surface area contributed by atoms with Crippen LogP contribution in [0.15, 0.2) is 30.3 Å². The number of benzene rings is 1. The number of imide groups is 1. The number of fused-ring (bicyclic) bond motifs is 1.